The predicted octanol–water partition coefficient (Wildman–Crippen LogP) is 1.75. The third-order valence-corrected chi connectivity index (χ3v) is 5.99. The second-order valence-electron chi connectivity index (χ2n) is 8.09. The van der Waals surface area contributed by atoms with Gasteiger partial charge in [-0.3, -0.25) is 19.5 Å². The van der Waals surface area contributed by atoms with E-state index < -0.39 is 11.3 Å². The average Bonchev–Trinajstić information content (AvgIpc) is 2.85. The van der Waals surface area contributed by atoms with E-state index in [1.54, 1.807) is 24.3 Å². The Morgan fingerprint density at radius 3 is 2.58 bits per heavy atom. The lowest BCUT2D eigenvalue weighted by Gasteiger charge is -2.30. The molecule has 172 valence electrons. The molecule has 2 aliphatic heterocycles. The summed E-state index contributed by atoms with van der Waals surface area (Å²) < 4.78 is 10.8. The summed E-state index contributed by atoms with van der Waals surface area (Å²) in [6.45, 7) is 3.08. The van der Waals surface area contributed by atoms with Crippen molar-refractivity contribution in [2.24, 2.45) is 10.7 Å². The zero-order valence-electron chi connectivity index (χ0n) is 18.6. The third kappa shape index (κ3) is 4.97. The van der Waals surface area contributed by atoms with E-state index in [1.807, 2.05) is 41.3 Å². The first kappa shape index (κ1) is 22.7. The number of aliphatic imine (C=N–C) groups is 1. The van der Waals surface area contributed by atoms with Crippen LogP contribution in [0.15, 0.2) is 65.7 Å². The molecule has 0 aliphatic carbocycles. The predicted molar refractivity (Wildman–Crippen MR) is 127 cm³/mol. The molecule has 3 N–H and O–H groups in total. The Kier molecular flexibility index (Phi) is 6.86. The summed E-state index contributed by atoms with van der Waals surface area (Å²) in [5.41, 5.74) is 7.64. The first-order valence-corrected chi connectivity index (χ1v) is 10.9. The monoisotopic (exact) mass is 448 g/mol. The molecule has 8 nitrogen and oxygen atoms in total. The van der Waals surface area contributed by atoms with E-state index in [0.29, 0.717) is 43.3 Å². The molecule has 1 atom stereocenters. The number of hydrogen-bond acceptors (Lipinski definition) is 6. The molecule has 2 heterocycles. The first-order valence-electron chi connectivity index (χ1n) is 10.9. The number of carbonyl (C=O) groups excluding carboxylic acids is 2. The van der Waals surface area contributed by atoms with E-state index in [4.69, 9.17) is 15.2 Å². The number of allylic oxidation sites excluding steroid dienone is 1. The zero-order valence-corrected chi connectivity index (χ0v) is 18.6. The molecule has 0 radical (unpaired) electrons. The van der Waals surface area contributed by atoms with Gasteiger partial charge in [0.1, 0.15) is 11.2 Å². The van der Waals surface area contributed by atoms with Crippen LogP contribution in [0.4, 0.5) is 5.69 Å². The molecule has 2 aromatic carbocycles. The second kappa shape index (κ2) is 9.97. The first-order chi connectivity index (χ1) is 16.0. The van der Waals surface area contributed by atoms with Gasteiger partial charge < -0.3 is 20.5 Å². The van der Waals surface area contributed by atoms with Crippen LogP contribution >= 0.6 is 0 Å². The Labute approximate surface area is 193 Å². The standard InChI is InChI=1S/C25H28N4O4/c1-32-22-8-7-19(15-21(22)28-23(30)16-29-11-13-33-14-12-29)25(24(26)31)10-9-20(27-17-25)18-5-3-2-4-6-18/h2-10,15H,11-14,16-17H2,1H3,(H2,26,31)(H,28,30). The quantitative estimate of drug-likeness (QED) is 0.671. The van der Waals surface area contributed by atoms with Crippen molar-refractivity contribution in [2.75, 3.05) is 51.8 Å². The number of morpholine rings is 1. The zero-order chi connectivity index (χ0) is 23.3. The molecular weight excluding hydrogens is 420 g/mol. The van der Waals surface area contributed by atoms with Gasteiger partial charge in [-0.1, -0.05) is 42.5 Å². The number of amides is 2. The van der Waals surface area contributed by atoms with Crippen LogP contribution in [-0.2, 0) is 19.7 Å². The Morgan fingerprint density at radius 1 is 1.18 bits per heavy atom. The van der Waals surface area contributed by atoms with Crippen molar-refractivity contribution in [3.05, 3.63) is 71.8 Å². The summed E-state index contributed by atoms with van der Waals surface area (Å²) in [5, 5.41) is 2.92. The number of benzene rings is 2. The van der Waals surface area contributed by atoms with Gasteiger partial charge in [0.05, 0.1) is 44.8 Å². The van der Waals surface area contributed by atoms with Gasteiger partial charge in [-0.05, 0) is 29.3 Å². The van der Waals surface area contributed by atoms with E-state index in [-0.39, 0.29) is 19.0 Å². The van der Waals surface area contributed by atoms with Crippen LogP contribution in [0.5, 0.6) is 5.75 Å². The number of ether oxygens (including phenoxy) is 2. The lowest BCUT2D eigenvalue weighted by atomic mass is 9.77. The Bertz CT molecular complexity index is 1080. The maximum absolute atomic E-state index is 12.7. The van der Waals surface area contributed by atoms with Crippen LogP contribution in [0, 0.1) is 0 Å². The van der Waals surface area contributed by atoms with Gasteiger partial charge in [0, 0.05) is 13.1 Å². The molecular formula is C25H28N4O4. The summed E-state index contributed by atoms with van der Waals surface area (Å²) in [7, 11) is 1.54. The maximum atomic E-state index is 12.7. The van der Waals surface area contributed by atoms with E-state index >= 15 is 0 Å². The van der Waals surface area contributed by atoms with Gasteiger partial charge in [-0.15, -0.1) is 0 Å². The SMILES string of the molecule is COc1ccc(C2(C(N)=O)C=CC(c3ccccc3)=NC2)cc1NC(=O)CN1CCOCC1. The summed E-state index contributed by atoms with van der Waals surface area (Å²) in [4.78, 5) is 32.0. The molecule has 1 fully saturated rings. The highest BCUT2D eigenvalue weighted by molar-refractivity contribution is 6.10. The van der Waals surface area contributed by atoms with Crippen molar-refractivity contribution < 1.29 is 19.1 Å². The number of anilines is 1. The summed E-state index contributed by atoms with van der Waals surface area (Å²) in [5.74, 6) is -0.170. The Hall–Kier alpha value is -3.49. The number of methoxy groups -OCH3 is 1. The molecule has 2 aliphatic rings. The summed E-state index contributed by atoms with van der Waals surface area (Å²) in [6.07, 6.45) is 3.62. The fourth-order valence-electron chi connectivity index (χ4n) is 4.06. The average molecular weight is 449 g/mol. The highest BCUT2D eigenvalue weighted by Crippen LogP contribution is 2.35. The van der Waals surface area contributed by atoms with Crippen molar-refractivity contribution in [2.45, 2.75) is 5.41 Å². The molecule has 0 bridgehead atoms. The Balaban J connectivity index is 1.58. The summed E-state index contributed by atoms with van der Waals surface area (Å²) in [6, 6.07) is 15.0. The van der Waals surface area contributed by atoms with Crippen LogP contribution in [-0.4, -0.2) is 68.9 Å². The van der Waals surface area contributed by atoms with Crippen LogP contribution in [0.3, 0.4) is 0 Å². The fraction of sp³-hybridized carbons (Fsp3) is 0.320. The van der Waals surface area contributed by atoms with Crippen molar-refractivity contribution in [3.63, 3.8) is 0 Å². The number of hydrogen-bond donors (Lipinski definition) is 2. The van der Waals surface area contributed by atoms with Gasteiger partial charge in [0.2, 0.25) is 11.8 Å². The molecule has 2 aromatic rings. The number of nitrogens with zero attached hydrogens (tertiary/aromatic N) is 2. The lowest BCUT2D eigenvalue weighted by molar-refractivity contribution is -0.121. The second-order valence-corrected chi connectivity index (χ2v) is 8.09. The Morgan fingerprint density at radius 2 is 1.94 bits per heavy atom. The smallest absolute Gasteiger partial charge is 0.238 e. The minimum absolute atomic E-state index is 0.163. The van der Waals surface area contributed by atoms with Crippen molar-refractivity contribution in [1.82, 2.24) is 4.90 Å². The van der Waals surface area contributed by atoms with Crippen molar-refractivity contribution in [3.8, 4) is 5.75 Å². The third-order valence-electron chi connectivity index (χ3n) is 5.99. The maximum Gasteiger partial charge on any atom is 0.238 e. The molecule has 8 heteroatoms. The van der Waals surface area contributed by atoms with Gasteiger partial charge in [0.15, 0.2) is 0 Å². The minimum atomic E-state index is -1.12. The molecule has 0 spiro atoms. The minimum Gasteiger partial charge on any atom is -0.495 e. The molecule has 2 amide bonds. The number of nitrogens with two attached hydrogens (primary N) is 1. The van der Waals surface area contributed by atoms with Gasteiger partial charge >= 0.3 is 0 Å². The van der Waals surface area contributed by atoms with Gasteiger partial charge in [-0.2, -0.15) is 0 Å². The molecule has 1 unspecified atom stereocenters. The number of dihydropyridines is 1. The molecule has 1 saturated heterocycles. The van der Waals surface area contributed by atoms with Gasteiger partial charge in [0.25, 0.3) is 0 Å². The highest BCUT2D eigenvalue weighted by Gasteiger charge is 2.38. The molecule has 4 rings (SSSR count). The van der Waals surface area contributed by atoms with E-state index in [2.05, 4.69) is 10.3 Å². The van der Waals surface area contributed by atoms with Crippen LogP contribution < -0.4 is 15.8 Å². The van der Waals surface area contributed by atoms with Crippen LogP contribution in [0.2, 0.25) is 0 Å². The lowest BCUT2D eigenvalue weighted by Crippen LogP contribution is -2.44. The van der Waals surface area contributed by atoms with E-state index in [1.165, 1.54) is 7.11 Å². The number of nitrogens with one attached hydrogen (secondary N) is 1. The van der Waals surface area contributed by atoms with Crippen molar-refractivity contribution >= 4 is 23.2 Å². The number of primary amides is 1. The van der Waals surface area contributed by atoms with E-state index in [9.17, 15) is 9.59 Å². The van der Waals surface area contributed by atoms with Crippen LogP contribution in [0.25, 0.3) is 0 Å². The fourth-order valence-corrected chi connectivity index (χ4v) is 4.06. The normalized spacial score (nSPS) is 20.7. The molecule has 0 aromatic heterocycles. The van der Waals surface area contributed by atoms with E-state index in [0.717, 1.165) is 11.3 Å². The van der Waals surface area contributed by atoms with Crippen LogP contribution in [0.1, 0.15) is 11.1 Å². The van der Waals surface area contributed by atoms with Gasteiger partial charge in [-0.25, -0.2) is 0 Å². The number of rotatable bonds is 7. The van der Waals surface area contributed by atoms with Crippen molar-refractivity contribution in [1.29, 1.82) is 0 Å². The highest BCUT2D eigenvalue weighted by atomic mass is 16.5. The topological polar surface area (TPSA) is 106 Å². The number of carbonyl (C=O) groups is 2. The largest absolute Gasteiger partial charge is 0.495 e. The summed E-state index contributed by atoms with van der Waals surface area (Å²) >= 11 is 0. The molecule has 33 heavy (non-hydrogen) atoms. The molecule has 0 saturated carbocycles.